The van der Waals surface area contributed by atoms with Crippen molar-refractivity contribution in [1.82, 2.24) is 8.96 Å². The summed E-state index contributed by atoms with van der Waals surface area (Å²) in [5.41, 5.74) is 2.76. The number of hydrogen-bond donors (Lipinski definition) is 0. The monoisotopic (exact) mass is 462 g/mol. The summed E-state index contributed by atoms with van der Waals surface area (Å²) in [4.78, 5) is 4.91. The molecule has 0 saturated heterocycles. The van der Waals surface area contributed by atoms with Gasteiger partial charge in [-0.15, -0.1) is 0 Å². The van der Waals surface area contributed by atoms with Crippen molar-refractivity contribution >= 4 is 43.4 Å². The average Bonchev–Trinajstić information content (AvgIpc) is 3.19. The summed E-state index contributed by atoms with van der Waals surface area (Å²) in [7, 11) is -3.89. The maximum Gasteiger partial charge on any atom is 0.269 e. The third kappa shape index (κ3) is 3.78. The molecule has 32 heavy (non-hydrogen) atoms. The van der Waals surface area contributed by atoms with Gasteiger partial charge in [0.15, 0.2) is 5.82 Å². The molecule has 0 bridgehead atoms. The van der Waals surface area contributed by atoms with Gasteiger partial charge in [-0.25, -0.2) is 17.4 Å². The second-order valence-corrected chi connectivity index (χ2v) is 9.40. The number of imidazole rings is 1. The zero-order chi connectivity index (χ0) is 22.9. The van der Waals surface area contributed by atoms with E-state index in [1.54, 1.807) is 42.5 Å². The van der Waals surface area contributed by atoms with Gasteiger partial charge in [-0.05, 0) is 48.0 Å². The third-order valence-corrected chi connectivity index (χ3v) is 7.12. The highest BCUT2D eigenvalue weighted by molar-refractivity contribution is 7.90. The molecule has 0 fully saturated rings. The van der Waals surface area contributed by atoms with Crippen LogP contribution in [0.4, 0.5) is 0 Å². The van der Waals surface area contributed by atoms with Gasteiger partial charge in [-0.3, -0.25) is 0 Å². The van der Waals surface area contributed by atoms with Crippen molar-refractivity contribution in [2.45, 2.75) is 25.7 Å². The Bertz CT molecular complexity index is 1520. The van der Waals surface area contributed by atoms with E-state index in [4.69, 9.17) is 16.6 Å². The van der Waals surface area contributed by atoms with Crippen LogP contribution in [0.5, 0.6) is 0 Å². The normalized spacial score (nSPS) is 11.4. The Kier molecular flexibility index (Phi) is 6.04. The minimum absolute atomic E-state index is 0.212. The molecule has 0 saturated carbocycles. The average molecular weight is 463 g/mol. The van der Waals surface area contributed by atoms with E-state index < -0.39 is 10.0 Å². The van der Waals surface area contributed by atoms with Gasteiger partial charge in [0.2, 0.25) is 0 Å². The third-order valence-electron chi connectivity index (χ3n) is 5.16. The molecular weight excluding hydrogens is 440 g/mol. The summed E-state index contributed by atoms with van der Waals surface area (Å²) in [6.07, 6.45) is 0. The Morgan fingerprint density at radius 2 is 1.53 bits per heavy atom. The largest absolute Gasteiger partial charge is 0.269 e. The molecule has 0 atom stereocenters. The fourth-order valence-electron chi connectivity index (χ4n) is 3.68. The first-order valence-electron chi connectivity index (χ1n) is 10.4. The van der Waals surface area contributed by atoms with Gasteiger partial charge in [0.1, 0.15) is 0 Å². The first kappa shape index (κ1) is 22.1. The molecule has 0 unspecified atom stereocenters. The van der Waals surface area contributed by atoms with Gasteiger partial charge in [-0.2, -0.15) is 0 Å². The van der Waals surface area contributed by atoms with E-state index in [1.165, 1.54) is 3.97 Å². The lowest BCUT2D eigenvalue weighted by Gasteiger charge is -2.12. The van der Waals surface area contributed by atoms with Crippen LogP contribution in [0, 0.1) is 6.92 Å². The van der Waals surface area contributed by atoms with Gasteiger partial charge in [0.05, 0.1) is 15.9 Å². The minimum Gasteiger partial charge on any atom is -0.227 e. The SMILES string of the molecule is CC.Cc1ccc(S(=O)(=O)n2c(-c3cccc4ccccc34)nc3cc(Cl)ccc32)cc1. The van der Waals surface area contributed by atoms with Crippen LogP contribution in [-0.4, -0.2) is 17.4 Å². The number of hydrogen-bond acceptors (Lipinski definition) is 3. The molecule has 0 aliphatic rings. The van der Waals surface area contributed by atoms with Crippen LogP contribution in [0.3, 0.4) is 0 Å². The molecule has 4 nitrogen and oxygen atoms in total. The second kappa shape index (κ2) is 8.77. The quantitative estimate of drug-likeness (QED) is 0.288. The van der Waals surface area contributed by atoms with Crippen molar-refractivity contribution in [2.75, 3.05) is 0 Å². The Morgan fingerprint density at radius 3 is 2.28 bits per heavy atom. The summed E-state index contributed by atoms with van der Waals surface area (Å²) < 4.78 is 28.8. The van der Waals surface area contributed by atoms with Crippen LogP contribution in [0.1, 0.15) is 19.4 Å². The zero-order valence-electron chi connectivity index (χ0n) is 18.1. The van der Waals surface area contributed by atoms with E-state index in [-0.39, 0.29) is 4.90 Å². The number of aryl methyl sites for hydroxylation is 1. The molecule has 0 spiro atoms. The fraction of sp³-hybridized carbons (Fsp3) is 0.115. The maximum atomic E-state index is 13.7. The molecule has 4 aromatic carbocycles. The summed E-state index contributed by atoms with van der Waals surface area (Å²) in [5, 5.41) is 2.45. The van der Waals surface area contributed by atoms with E-state index in [1.807, 2.05) is 63.2 Å². The van der Waals surface area contributed by atoms with Gasteiger partial charge in [0.25, 0.3) is 10.0 Å². The molecule has 0 radical (unpaired) electrons. The molecule has 5 rings (SSSR count). The molecule has 0 aliphatic heterocycles. The van der Waals surface area contributed by atoms with Crippen molar-refractivity contribution in [3.63, 3.8) is 0 Å². The highest BCUT2D eigenvalue weighted by atomic mass is 35.5. The first-order valence-corrected chi connectivity index (χ1v) is 12.3. The van der Waals surface area contributed by atoms with Gasteiger partial charge in [-0.1, -0.05) is 85.6 Å². The predicted octanol–water partition coefficient (Wildman–Crippen LogP) is 7.08. The Hall–Kier alpha value is -3.15. The van der Waals surface area contributed by atoms with Gasteiger partial charge >= 0.3 is 0 Å². The topological polar surface area (TPSA) is 52.0 Å². The summed E-state index contributed by atoms with van der Waals surface area (Å²) >= 11 is 6.17. The smallest absolute Gasteiger partial charge is 0.227 e. The van der Waals surface area contributed by atoms with Crippen molar-refractivity contribution in [3.8, 4) is 11.4 Å². The highest BCUT2D eigenvalue weighted by Crippen LogP contribution is 2.34. The molecule has 0 amide bonds. The van der Waals surface area contributed by atoms with E-state index in [0.717, 1.165) is 21.9 Å². The minimum atomic E-state index is -3.89. The van der Waals surface area contributed by atoms with Crippen LogP contribution >= 0.6 is 11.6 Å². The molecule has 0 N–H and O–H groups in total. The number of fused-ring (bicyclic) bond motifs is 2. The molecular formula is C26H23ClN2O2S. The van der Waals surface area contributed by atoms with Crippen LogP contribution in [0.2, 0.25) is 5.02 Å². The highest BCUT2D eigenvalue weighted by Gasteiger charge is 2.26. The number of halogens is 1. The first-order chi connectivity index (χ1) is 15.4. The zero-order valence-corrected chi connectivity index (χ0v) is 19.7. The number of benzene rings is 4. The van der Waals surface area contributed by atoms with Crippen molar-refractivity contribution < 1.29 is 8.42 Å². The number of nitrogens with zero attached hydrogens (tertiary/aromatic N) is 2. The fourth-order valence-corrected chi connectivity index (χ4v) is 5.32. The lowest BCUT2D eigenvalue weighted by molar-refractivity contribution is 0.589. The number of rotatable bonds is 3. The summed E-state index contributed by atoms with van der Waals surface area (Å²) in [6, 6.07) is 25.6. The number of aromatic nitrogens is 2. The van der Waals surface area contributed by atoms with Crippen molar-refractivity contribution in [2.24, 2.45) is 0 Å². The van der Waals surface area contributed by atoms with Crippen LogP contribution in [0.25, 0.3) is 33.2 Å². The summed E-state index contributed by atoms with van der Waals surface area (Å²) in [5.74, 6) is 0.365. The molecule has 1 heterocycles. The lowest BCUT2D eigenvalue weighted by atomic mass is 10.0. The molecule has 6 heteroatoms. The van der Waals surface area contributed by atoms with Crippen molar-refractivity contribution in [1.29, 1.82) is 0 Å². The molecule has 162 valence electrons. The van der Waals surface area contributed by atoms with Crippen LogP contribution < -0.4 is 0 Å². The van der Waals surface area contributed by atoms with E-state index in [2.05, 4.69) is 0 Å². The Morgan fingerprint density at radius 1 is 0.844 bits per heavy atom. The van der Waals surface area contributed by atoms with Crippen LogP contribution in [0.15, 0.2) is 89.8 Å². The molecule has 1 aromatic heterocycles. The lowest BCUT2D eigenvalue weighted by Crippen LogP contribution is -2.14. The Balaban J connectivity index is 0.00000119. The van der Waals surface area contributed by atoms with Crippen LogP contribution in [-0.2, 0) is 10.0 Å². The standard InChI is InChI=1S/C24H17ClN2O2S.C2H6/c1-16-9-12-19(13-10-16)30(28,29)27-23-14-11-18(25)15-22(23)26-24(27)21-8-4-6-17-5-2-3-7-20(17)21;1-2/h2-15H,1H3;1-2H3. The maximum absolute atomic E-state index is 13.7. The van der Waals surface area contributed by atoms with E-state index >= 15 is 0 Å². The van der Waals surface area contributed by atoms with Crippen molar-refractivity contribution in [3.05, 3.63) is 95.5 Å². The molecule has 5 aromatic rings. The molecule has 0 aliphatic carbocycles. The van der Waals surface area contributed by atoms with E-state index in [0.29, 0.717) is 21.9 Å². The summed E-state index contributed by atoms with van der Waals surface area (Å²) in [6.45, 7) is 5.92. The second-order valence-electron chi connectivity index (χ2n) is 7.18. The van der Waals surface area contributed by atoms with Gasteiger partial charge < -0.3 is 0 Å². The van der Waals surface area contributed by atoms with Gasteiger partial charge in [0, 0.05) is 10.6 Å². The van der Waals surface area contributed by atoms with E-state index in [9.17, 15) is 8.42 Å². The Labute approximate surface area is 193 Å². The predicted molar refractivity (Wildman–Crippen MR) is 133 cm³/mol.